The van der Waals surface area contributed by atoms with Gasteiger partial charge in [-0.1, -0.05) is 94.9 Å². The first-order chi connectivity index (χ1) is 26.3. The Morgan fingerprint density at radius 1 is 0.636 bits per heavy atom. The molecule has 8 nitrogen and oxygen atoms in total. The van der Waals surface area contributed by atoms with Gasteiger partial charge in [-0.15, -0.1) is 22.7 Å². The minimum Gasteiger partial charge on any atom is -0.478 e. The van der Waals surface area contributed by atoms with Gasteiger partial charge in [-0.25, -0.2) is 19.6 Å². The maximum atomic E-state index is 12.0. The van der Waals surface area contributed by atoms with Crippen LogP contribution in [-0.4, -0.2) is 40.0 Å². The summed E-state index contributed by atoms with van der Waals surface area (Å²) >= 11 is 30.3. The van der Waals surface area contributed by atoms with Gasteiger partial charge < -0.3 is 15.6 Å². The van der Waals surface area contributed by atoms with E-state index in [-0.39, 0.29) is 11.1 Å². The van der Waals surface area contributed by atoms with Crippen LogP contribution in [0.5, 0.6) is 0 Å². The topological polar surface area (TPSA) is 132 Å². The Kier molecular flexibility index (Phi) is 12.7. The normalized spacial score (nSPS) is 10.7. The van der Waals surface area contributed by atoms with Crippen molar-refractivity contribution in [2.24, 2.45) is 5.73 Å². The molecule has 1 amide bonds. The number of primary amides is 1. The SMILES string of the molecule is COC(=O)c1cc(-c2nc(-c3ccc(Cl)c(Cl)c3)cs2)ccc1Br.NC(=O)c1ccccc1-c1ccc(-c2nc(-c3ccc(Cl)c(Cl)c3)cs2)cc1C(=O)O. The van der Waals surface area contributed by atoms with Crippen molar-refractivity contribution in [2.75, 3.05) is 7.11 Å². The largest absolute Gasteiger partial charge is 0.478 e. The molecule has 7 rings (SSSR count). The number of hydrogen-bond donors (Lipinski definition) is 2. The average Bonchev–Trinajstić information content (AvgIpc) is 3.89. The van der Waals surface area contributed by atoms with E-state index in [4.69, 9.17) is 56.9 Å². The number of carbonyl (C=O) groups excluding carboxylic acids is 2. The van der Waals surface area contributed by atoms with Gasteiger partial charge in [0.15, 0.2) is 0 Å². The van der Waals surface area contributed by atoms with Crippen molar-refractivity contribution in [1.82, 2.24) is 9.97 Å². The van der Waals surface area contributed by atoms with E-state index >= 15 is 0 Å². The van der Waals surface area contributed by atoms with Gasteiger partial charge in [0, 0.05) is 43.1 Å². The van der Waals surface area contributed by atoms with E-state index < -0.39 is 17.8 Å². The number of halogens is 5. The summed E-state index contributed by atoms with van der Waals surface area (Å²) in [6.07, 6.45) is 0. The van der Waals surface area contributed by atoms with E-state index in [1.54, 1.807) is 72.8 Å². The number of carboxylic acids is 1. The third-order valence-electron chi connectivity index (χ3n) is 8.04. The Labute approximate surface area is 351 Å². The average molecular weight is 912 g/mol. The van der Waals surface area contributed by atoms with Crippen molar-refractivity contribution in [3.8, 4) is 54.8 Å². The minimum atomic E-state index is -1.11. The number of aromatic carboxylic acids is 1. The van der Waals surface area contributed by atoms with Crippen molar-refractivity contribution in [1.29, 1.82) is 0 Å². The molecule has 2 heterocycles. The van der Waals surface area contributed by atoms with Crippen LogP contribution in [0.15, 0.2) is 112 Å². The molecule has 0 spiro atoms. The minimum absolute atomic E-state index is 0.0532. The number of nitrogens with two attached hydrogens (primary N) is 1. The first-order valence-corrected chi connectivity index (χ1v) is 19.9. The van der Waals surface area contributed by atoms with Crippen molar-refractivity contribution >= 4 is 103 Å². The summed E-state index contributed by atoms with van der Waals surface area (Å²) < 4.78 is 5.47. The van der Waals surface area contributed by atoms with Crippen LogP contribution >= 0.6 is 85.0 Å². The van der Waals surface area contributed by atoms with Crippen LogP contribution < -0.4 is 5.73 Å². The highest BCUT2D eigenvalue weighted by atomic mass is 79.9. The highest BCUT2D eigenvalue weighted by Gasteiger charge is 2.19. The molecule has 0 saturated carbocycles. The number of thiazole rings is 2. The maximum absolute atomic E-state index is 12.0. The van der Waals surface area contributed by atoms with Gasteiger partial charge >= 0.3 is 11.9 Å². The number of esters is 1. The lowest BCUT2D eigenvalue weighted by molar-refractivity contribution is 0.0598. The molecule has 0 aliphatic heterocycles. The number of benzene rings is 5. The summed E-state index contributed by atoms with van der Waals surface area (Å²) in [6, 6.07) is 27.7. The molecule has 7 aromatic rings. The van der Waals surface area contributed by atoms with Crippen LogP contribution in [0.1, 0.15) is 31.1 Å². The van der Waals surface area contributed by atoms with E-state index in [2.05, 4.69) is 25.9 Å². The Morgan fingerprint density at radius 2 is 1.13 bits per heavy atom. The van der Waals surface area contributed by atoms with Crippen LogP contribution in [0.4, 0.5) is 0 Å². The number of carbonyl (C=O) groups is 3. The van der Waals surface area contributed by atoms with Crippen LogP contribution in [0.25, 0.3) is 54.8 Å². The van der Waals surface area contributed by atoms with Crippen molar-refractivity contribution in [2.45, 2.75) is 0 Å². The van der Waals surface area contributed by atoms with Gasteiger partial charge in [-0.2, -0.15) is 0 Å². The van der Waals surface area contributed by atoms with Gasteiger partial charge in [-0.05, 0) is 75.6 Å². The number of hydrogen-bond acceptors (Lipinski definition) is 8. The highest BCUT2D eigenvalue weighted by Crippen LogP contribution is 2.36. The van der Waals surface area contributed by atoms with Crippen molar-refractivity contribution in [3.05, 3.63) is 149 Å². The zero-order chi connectivity index (χ0) is 39.4. The second-order valence-electron chi connectivity index (χ2n) is 11.5. The molecule has 0 atom stereocenters. The van der Waals surface area contributed by atoms with Gasteiger partial charge in [-0.3, -0.25) is 4.79 Å². The van der Waals surface area contributed by atoms with Gasteiger partial charge in [0.25, 0.3) is 0 Å². The molecule has 0 aliphatic rings. The summed E-state index contributed by atoms with van der Waals surface area (Å²) in [4.78, 5) is 44.9. The number of nitrogens with zero attached hydrogens (tertiary/aromatic N) is 2. The fraction of sp³-hybridized carbons (Fsp3) is 0.0250. The van der Waals surface area contributed by atoms with Crippen LogP contribution in [0, 0.1) is 0 Å². The van der Waals surface area contributed by atoms with E-state index in [1.807, 2.05) is 35.0 Å². The van der Waals surface area contributed by atoms with Crippen LogP contribution in [0.2, 0.25) is 20.1 Å². The quantitative estimate of drug-likeness (QED) is 0.145. The standard InChI is InChI=1S/C23H14Cl2N2O3S.C17H10BrCl2NO2S/c24-18-8-6-12(10-19(18)25)20-11-31-22(27-20)13-5-7-15(17(9-13)23(29)30)14-3-1-2-4-16(14)21(26)28;1-23-17(22)11-6-10(2-4-12(11)18)16-21-15(8-24-16)9-3-5-13(19)14(20)7-9/h1-11H,(H2,26,28)(H,29,30);2-8H,1H3. The van der Waals surface area contributed by atoms with E-state index in [0.717, 1.165) is 27.4 Å². The lowest BCUT2D eigenvalue weighted by Crippen LogP contribution is -2.13. The van der Waals surface area contributed by atoms with Gasteiger partial charge in [0.1, 0.15) is 10.0 Å². The van der Waals surface area contributed by atoms with Crippen LogP contribution in [-0.2, 0) is 4.74 Å². The third-order valence-corrected chi connectivity index (χ3v) is 12.0. The number of amides is 1. The number of ether oxygens (including phenoxy) is 1. The maximum Gasteiger partial charge on any atom is 0.339 e. The molecular formula is C40H24BrCl4N3O5S2. The zero-order valence-electron chi connectivity index (χ0n) is 28.2. The van der Waals surface area contributed by atoms with Gasteiger partial charge in [0.2, 0.25) is 5.91 Å². The molecule has 0 fully saturated rings. The Morgan fingerprint density at radius 3 is 1.64 bits per heavy atom. The van der Waals surface area contributed by atoms with Crippen molar-refractivity contribution < 1.29 is 24.2 Å². The fourth-order valence-corrected chi connectivity index (χ4v) is 7.99. The Bertz CT molecular complexity index is 2610. The molecule has 5 aromatic carbocycles. The molecular weight excluding hydrogens is 888 g/mol. The second-order valence-corrected chi connectivity index (χ2v) is 15.7. The van der Waals surface area contributed by atoms with Gasteiger partial charge in [0.05, 0.1) is 49.7 Å². The third kappa shape index (κ3) is 9.11. The predicted octanol–water partition coefficient (Wildman–Crippen LogP) is 12.6. The molecule has 0 aliphatic carbocycles. The summed E-state index contributed by atoms with van der Waals surface area (Å²) in [5, 5.41) is 16.9. The summed E-state index contributed by atoms with van der Waals surface area (Å²) in [5.74, 6) is -2.13. The zero-order valence-corrected chi connectivity index (χ0v) is 34.4. The first-order valence-electron chi connectivity index (χ1n) is 15.8. The summed E-state index contributed by atoms with van der Waals surface area (Å²) in [6.45, 7) is 0. The monoisotopic (exact) mass is 909 g/mol. The lowest BCUT2D eigenvalue weighted by Gasteiger charge is -2.11. The number of rotatable bonds is 8. The van der Waals surface area contributed by atoms with E-state index in [1.165, 1.54) is 29.8 Å². The Hall–Kier alpha value is -4.59. The molecule has 276 valence electrons. The molecule has 0 radical (unpaired) electrons. The second kappa shape index (κ2) is 17.5. The molecule has 15 heteroatoms. The van der Waals surface area contributed by atoms with E-state index in [9.17, 15) is 19.5 Å². The molecule has 3 N–H and O–H groups in total. The first kappa shape index (κ1) is 40.1. The molecule has 0 unspecified atom stereocenters. The fourth-order valence-electron chi connectivity index (χ4n) is 5.34. The predicted molar refractivity (Wildman–Crippen MR) is 226 cm³/mol. The Balaban J connectivity index is 0.000000193. The highest BCUT2D eigenvalue weighted by molar-refractivity contribution is 9.10. The number of aromatic nitrogens is 2. The van der Waals surface area contributed by atoms with Crippen molar-refractivity contribution in [3.63, 3.8) is 0 Å². The van der Waals surface area contributed by atoms with E-state index in [0.29, 0.717) is 57.5 Å². The molecule has 2 aromatic heterocycles. The number of methoxy groups -OCH3 is 1. The smallest absolute Gasteiger partial charge is 0.339 e. The van der Waals surface area contributed by atoms with Crippen LogP contribution in [0.3, 0.4) is 0 Å². The molecule has 55 heavy (non-hydrogen) atoms. The summed E-state index contributed by atoms with van der Waals surface area (Å²) in [7, 11) is 1.35. The summed E-state index contributed by atoms with van der Waals surface area (Å²) in [5.41, 5.74) is 11.8. The number of carboxylic acid groups (broad SMARTS) is 1. The lowest BCUT2D eigenvalue weighted by atomic mass is 9.93. The molecule has 0 saturated heterocycles. The molecule has 0 bridgehead atoms.